The maximum absolute atomic E-state index is 12.9. The first-order valence-corrected chi connectivity index (χ1v) is 25.3. The number of carbonyl (C=O) groups is 2. The number of aliphatic imine (C=N–C) groups is 2. The number of benzene rings is 6. The molecule has 6 aromatic carbocycles. The van der Waals surface area contributed by atoms with E-state index in [-0.39, 0.29) is 0 Å². The standard InChI is InChI=1S/C61H70N2O6/c1-3-5-7-9-11-13-15-17-43-66-56-35-23-50(24-36-56)46-62-54-31-27-52(28-32-54)60(64)68-58-39-19-48(20-40-58)45-49-21-41-59(42-22-49)69-61(65)53-29-33-55(34-30-53)63-47-51-25-37-57(38-26-51)67-44-18-16-14-12-10-8-6-4-2/h19-42,46-47H,3-18,43-45H2,1-2H3. The molecule has 0 saturated carbocycles. The second kappa shape index (κ2) is 29.8. The van der Waals surface area contributed by atoms with Gasteiger partial charge in [0.1, 0.15) is 23.0 Å². The fraction of sp³-hybridized carbons (Fsp3) is 0.344. The van der Waals surface area contributed by atoms with Gasteiger partial charge in [0.05, 0.1) is 35.7 Å². The second-order valence-corrected chi connectivity index (χ2v) is 17.6. The van der Waals surface area contributed by atoms with Crippen LogP contribution in [0.2, 0.25) is 0 Å². The van der Waals surface area contributed by atoms with Crippen molar-refractivity contribution in [3.05, 3.63) is 179 Å². The summed E-state index contributed by atoms with van der Waals surface area (Å²) in [7, 11) is 0. The number of ether oxygens (including phenoxy) is 4. The SMILES string of the molecule is CCCCCCCCCCOc1ccc(C=Nc2ccc(C(=O)Oc3ccc(Cc4ccc(OC(=O)c5ccc(N=Cc6ccc(OCCCCCCCCCC)cc6)cc5)cc4)cc3)cc2)cc1. The molecule has 0 N–H and O–H groups in total. The molecule has 0 radical (unpaired) electrons. The normalized spacial score (nSPS) is 11.3. The Morgan fingerprint density at radius 2 is 0.696 bits per heavy atom. The molecule has 8 heteroatoms. The Labute approximate surface area is 410 Å². The summed E-state index contributed by atoms with van der Waals surface area (Å²) >= 11 is 0. The summed E-state index contributed by atoms with van der Waals surface area (Å²) in [5.74, 6) is 1.77. The molecule has 0 aliphatic carbocycles. The van der Waals surface area contributed by atoms with E-state index in [1.807, 2.05) is 72.8 Å². The van der Waals surface area contributed by atoms with Crippen molar-refractivity contribution in [2.24, 2.45) is 9.98 Å². The van der Waals surface area contributed by atoms with Crippen LogP contribution in [0.1, 0.15) is 160 Å². The topological polar surface area (TPSA) is 95.8 Å². The second-order valence-electron chi connectivity index (χ2n) is 17.6. The van der Waals surface area contributed by atoms with Gasteiger partial charge < -0.3 is 18.9 Å². The van der Waals surface area contributed by atoms with Crippen molar-refractivity contribution in [1.82, 2.24) is 0 Å². The number of unbranched alkanes of at least 4 members (excludes halogenated alkanes) is 14. The van der Waals surface area contributed by atoms with Crippen LogP contribution in [0.15, 0.2) is 156 Å². The molecular weight excluding hydrogens is 857 g/mol. The van der Waals surface area contributed by atoms with Gasteiger partial charge in [-0.1, -0.05) is 128 Å². The van der Waals surface area contributed by atoms with E-state index in [1.165, 1.54) is 89.9 Å². The largest absolute Gasteiger partial charge is 0.494 e. The Morgan fingerprint density at radius 3 is 1.04 bits per heavy atom. The third-order valence-corrected chi connectivity index (χ3v) is 11.9. The highest BCUT2D eigenvalue weighted by Gasteiger charge is 2.11. The Morgan fingerprint density at radius 1 is 0.377 bits per heavy atom. The summed E-state index contributed by atoms with van der Waals surface area (Å²) in [5, 5.41) is 0. The quantitative estimate of drug-likeness (QED) is 0.0193. The first-order valence-electron chi connectivity index (χ1n) is 25.3. The van der Waals surface area contributed by atoms with Crippen molar-refractivity contribution >= 4 is 35.7 Å². The summed E-state index contributed by atoms with van der Waals surface area (Å²) in [6.07, 6.45) is 24.7. The van der Waals surface area contributed by atoms with Gasteiger partial charge in [0.2, 0.25) is 0 Å². The lowest BCUT2D eigenvalue weighted by atomic mass is 10.0. The molecule has 0 bridgehead atoms. The van der Waals surface area contributed by atoms with Crippen LogP contribution in [0.3, 0.4) is 0 Å². The average Bonchev–Trinajstić information content (AvgIpc) is 3.38. The fourth-order valence-electron chi connectivity index (χ4n) is 7.74. The molecule has 360 valence electrons. The smallest absolute Gasteiger partial charge is 0.343 e. The first-order chi connectivity index (χ1) is 33.9. The number of rotatable bonds is 30. The minimum absolute atomic E-state index is 0.436. The highest BCUT2D eigenvalue weighted by molar-refractivity contribution is 5.92. The molecule has 0 fully saturated rings. The number of hydrogen-bond donors (Lipinski definition) is 0. The first kappa shape index (κ1) is 51.6. The third-order valence-electron chi connectivity index (χ3n) is 11.9. The van der Waals surface area contributed by atoms with Gasteiger partial charge >= 0.3 is 11.9 Å². The molecule has 0 atom stereocenters. The summed E-state index contributed by atoms with van der Waals surface area (Å²) < 4.78 is 23.2. The number of esters is 2. The maximum atomic E-state index is 12.9. The van der Waals surface area contributed by atoms with E-state index in [0.29, 0.717) is 29.0 Å². The number of carbonyl (C=O) groups excluding carboxylic acids is 2. The summed E-state index contributed by atoms with van der Waals surface area (Å²) in [6.45, 7) is 5.98. The minimum atomic E-state index is -0.442. The van der Waals surface area contributed by atoms with Crippen molar-refractivity contribution in [3.8, 4) is 23.0 Å². The molecule has 6 rings (SSSR count). The van der Waals surface area contributed by atoms with E-state index in [9.17, 15) is 9.59 Å². The van der Waals surface area contributed by atoms with Crippen LogP contribution >= 0.6 is 0 Å². The molecule has 0 aliphatic heterocycles. The maximum Gasteiger partial charge on any atom is 0.343 e. The van der Waals surface area contributed by atoms with Crippen LogP contribution in [0.25, 0.3) is 0 Å². The molecule has 0 aliphatic rings. The monoisotopic (exact) mass is 927 g/mol. The Balaban J connectivity index is 0.862. The minimum Gasteiger partial charge on any atom is -0.494 e. The van der Waals surface area contributed by atoms with Crippen LogP contribution < -0.4 is 18.9 Å². The van der Waals surface area contributed by atoms with Gasteiger partial charge in [-0.3, -0.25) is 9.98 Å². The van der Waals surface area contributed by atoms with Crippen molar-refractivity contribution in [1.29, 1.82) is 0 Å². The van der Waals surface area contributed by atoms with Crippen LogP contribution in [0.5, 0.6) is 23.0 Å². The van der Waals surface area contributed by atoms with E-state index >= 15 is 0 Å². The molecular formula is C61H70N2O6. The summed E-state index contributed by atoms with van der Waals surface area (Å²) in [6, 6.07) is 44.8. The van der Waals surface area contributed by atoms with Gasteiger partial charge in [-0.25, -0.2) is 9.59 Å². The van der Waals surface area contributed by atoms with Crippen LogP contribution in [-0.4, -0.2) is 37.6 Å². The van der Waals surface area contributed by atoms with Gasteiger partial charge in [0.15, 0.2) is 0 Å². The highest BCUT2D eigenvalue weighted by atomic mass is 16.5. The van der Waals surface area contributed by atoms with E-state index in [1.54, 1.807) is 85.2 Å². The average molecular weight is 927 g/mol. The molecule has 0 heterocycles. The molecule has 0 saturated heterocycles. The van der Waals surface area contributed by atoms with Gasteiger partial charge in [-0.2, -0.15) is 0 Å². The predicted octanol–water partition coefficient (Wildman–Crippen LogP) is 16.3. The van der Waals surface area contributed by atoms with Crippen LogP contribution in [0.4, 0.5) is 11.4 Å². The van der Waals surface area contributed by atoms with E-state index in [2.05, 4.69) is 23.8 Å². The molecule has 69 heavy (non-hydrogen) atoms. The lowest BCUT2D eigenvalue weighted by Gasteiger charge is -2.08. The van der Waals surface area contributed by atoms with Crippen molar-refractivity contribution in [3.63, 3.8) is 0 Å². The van der Waals surface area contributed by atoms with Gasteiger partial charge in [-0.15, -0.1) is 0 Å². The van der Waals surface area contributed by atoms with E-state index in [0.717, 1.165) is 71.2 Å². The van der Waals surface area contributed by atoms with Gasteiger partial charge in [-0.05, 0) is 163 Å². The molecule has 0 aromatic heterocycles. The lowest BCUT2D eigenvalue weighted by Crippen LogP contribution is -2.08. The van der Waals surface area contributed by atoms with Gasteiger partial charge in [0.25, 0.3) is 0 Å². The van der Waals surface area contributed by atoms with Crippen molar-refractivity contribution in [2.45, 2.75) is 123 Å². The number of hydrogen-bond acceptors (Lipinski definition) is 8. The Bertz CT molecular complexity index is 2270. The molecule has 0 spiro atoms. The Kier molecular flexibility index (Phi) is 22.3. The predicted molar refractivity (Wildman–Crippen MR) is 282 cm³/mol. The van der Waals surface area contributed by atoms with E-state index in [4.69, 9.17) is 18.9 Å². The Hall–Kier alpha value is -6.80. The lowest BCUT2D eigenvalue weighted by molar-refractivity contribution is 0.0725. The van der Waals surface area contributed by atoms with Gasteiger partial charge in [0, 0.05) is 12.4 Å². The van der Waals surface area contributed by atoms with Crippen molar-refractivity contribution < 1.29 is 28.5 Å². The fourth-order valence-corrected chi connectivity index (χ4v) is 7.74. The summed E-state index contributed by atoms with van der Waals surface area (Å²) in [5.41, 5.74) is 6.35. The zero-order chi connectivity index (χ0) is 48.1. The summed E-state index contributed by atoms with van der Waals surface area (Å²) in [4.78, 5) is 35.0. The van der Waals surface area contributed by atoms with E-state index < -0.39 is 11.9 Å². The molecule has 0 amide bonds. The zero-order valence-corrected chi connectivity index (χ0v) is 40.8. The molecule has 6 aromatic rings. The van der Waals surface area contributed by atoms with Crippen molar-refractivity contribution in [2.75, 3.05) is 13.2 Å². The highest BCUT2D eigenvalue weighted by Crippen LogP contribution is 2.23. The van der Waals surface area contributed by atoms with Crippen LogP contribution in [-0.2, 0) is 6.42 Å². The zero-order valence-electron chi connectivity index (χ0n) is 40.8. The molecule has 0 unspecified atom stereocenters. The third kappa shape index (κ3) is 19.4. The number of nitrogens with zero attached hydrogens (tertiary/aromatic N) is 2. The molecule has 8 nitrogen and oxygen atoms in total. The van der Waals surface area contributed by atoms with Crippen LogP contribution in [0, 0.1) is 0 Å².